The van der Waals surface area contributed by atoms with Crippen molar-refractivity contribution in [2.75, 3.05) is 19.8 Å². The van der Waals surface area contributed by atoms with Gasteiger partial charge in [0, 0.05) is 19.9 Å². The van der Waals surface area contributed by atoms with Crippen molar-refractivity contribution in [1.29, 1.82) is 0 Å². The Hall–Kier alpha value is -1.48. The summed E-state index contributed by atoms with van der Waals surface area (Å²) >= 11 is 0. The number of carboxylic acids is 2. The number of hydrogen-bond donors (Lipinski definition) is 4. The highest BCUT2D eigenvalue weighted by molar-refractivity contribution is 7.47. The highest BCUT2D eigenvalue weighted by Gasteiger charge is 2.17. The minimum Gasteiger partial charge on any atom is -0.481 e. The molecule has 0 aliphatic rings. The van der Waals surface area contributed by atoms with Gasteiger partial charge in [-0.05, 0) is 20.3 Å². The Morgan fingerprint density at radius 1 is 0.758 bits per heavy atom. The van der Waals surface area contributed by atoms with Gasteiger partial charge < -0.3 is 20.4 Å². The Balaban J connectivity index is -0.000000569. The summed E-state index contributed by atoms with van der Waals surface area (Å²) < 4.78 is 19.2. The highest BCUT2D eigenvalue weighted by atomic mass is 31.2. The van der Waals surface area contributed by atoms with E-state index in [2.05, 4.69) is 21.3 Å². The molecule has 0 rings (SSSR count). The minimum absolute atomic E-state index is 0.0795. The standard InChI is InChI=1S/C16H31NO3.C4H11O4P.C2H4O2/c1-2-3-4-5-6-7-8-9-10-11-14-17-15(18)12-13-16(19)20;1-3-7-9(5,6)8-4-2;1-2(3)4/h2-14H2,1H3,(H,17,18)(H,19,20);3-4H2,1-2H3,(H,5,6);1H3,(H,3,4). The second-order valence-electron chi connectivity index (χ2n) is 7.25. The molecule has 0 aromatic carbocycles. The van der Waals surface area contributed by atoms with Gasteiger partial charge in [0.15, 0.2) is 0 Å². The number of carboxylic acid groups (broad SMARTS) is 2. The quantitative estimate of drug-likeness (QED) is 0.148. The van der Waals surface area contributed by atoms with Gasteiger partial charge in [-0.1, -0.05) is 64.7 Å². The van der Waals surface area contributed by atoms with Crippen LogP contribution in [0.3, 0.4) is 0 Å². The van der Waals surface area contributed by atoms with Gasteiger partial charge in [-0.25, -0.2) is 4.57 Å². The number of rotatable bonds is 18. The summed E-state index contributed by atoms with van der Waals surface area (Å²) in [5.74, 6) is -1.90. The van der Waals surface area contributed by atoms with Crippen LogP contribution in [0.15, 0.2) is 0 Å². The Bertz CT molecular complexity index is 516. The van der Waals surface area contributed by atoms with E-state index in [9.17, 15) is 14.2 Å². The Morgan fingerprint density at radius 3 is 1.52 bits per heavy atom. The number of phosphoric ester groups is 1. The molecule has 0 aromatic rings. The fourth-order valence-electron chi connectivity index (χ4n) is 2.51. The molecule has 0 aliphatic heterocycles. The first-order chi connectivity index (χ1) is 15.5. The molecule has 0 radical (unpaired) electrons. The van der Waals surface area contributed by atoms with Crippen molar-refractivity contribution >= 4 is 25.7 Å². The molecule has 0 spiro atoms. The molecule has 0 saturated carbocycles. The molecule has 0 aliphatic carbocycles. The average molecular weight is 500 g/mol. The predicted octanol–water partition coefficient (Wildman–Crippen LogP) is 5.14. The molecule has 0 unspecified atom stereocenters. The van der Waals surface area contributed by atoms with Gasteiger partial charge in [0.2, 0.25) is 5.91 Å². The number of nitrogens with one attached hydrogen (secondary N) is 1. The lowest BCUT2D eigenvalue weighted by molar-refractivity contribution is -0.138. The summed E-state index contributed by atoms with van der Waals surface area (Å²) in [6, 6.07) is 0. The molecule has 0 bridgehead atoms. The van der Waals surface area contributed by atoms with Crippen LogP contribution < -0.4 is 5.32 Å². The molecule has 0 atom stereocenters. The molecule has 4 N–H and O–H groups in total. The maximum atomic E-state index is 11.2. The van der Waals surface area contributed by atoms with Gasteiger partial charge in [0.1, 0.15) is 0 Å². The largest absolute Gasteiger partial charge is 0.481 e. The van der Waals surface area contributed by atoms with Crippen LogP contribution in [0.5, 0.6) is 0 Å². The SMILES string of the molecule is CC(=O)O.CCCCCCCCCCCCNC(=O)CCC(=O)O.CCOP(=O)(O)OCC. The van der Waals surface area contributed by atoms with E-state index in [0.29, 0.717) is 6.54 Å². The summed E-state index contributed by atoms with van der Waals surface area (Å²) in [5, 5.41) is 18.6. The van der Waals surface area contributed by atoms with Crippen LogP contribution in [0.2, 0.25) is 0 Å². The van der Waals surface area contributed by atoms with Crippen LogP contribution in [0.1, 0.15) is 105 Å². The average Bonchev–Trinajstić information content (AvgIpc) is 2.70. The normalized spacial score (nSPS) is 10.3. The lowest BCUT2D eigenvalue weighted by atomic mass is 10.1. The maximum Gasteiger partial charge on any atom is 0.472 e. The predicted molar refractivity (Wildman–Crippen MR) is 128 cm³/mol. The number of carbonyl (C=O) groups excluding carboxylic acids is 1. The summed E-state index contributed by atoms with van der Waals surface area (Å²) in [6.07, 6.45) is 12.8. The number of unbranched alkanes of at least 4 members (excludes halogenated alkanes) is 9. The van der Waals surface area contributed by atoms with E-state index in [1.165, 1.54) is 51.4 Å². The Kier molecular flexibility index (Phi) is 29.3. The summed E-state index contributed by atoms with van der Waals surface area (Å²) in [7, 11) is -3.69. The maximum absolute atomic E-state index is 11.2. The monoisotopic (exact) mass is 499 g/mol. The highest BCUT2D eigenvalue weighted by Crippen LogP contribution is 2.42. The van der Waals surface area contributed by atoms with Crippen molar-refractivity contribution in [3.63, 3.8) is 0 Å². The van der Waals surface area contributed by atoms with Gasteiger partial charge in [0.05, 0.1) is 19.6 Å². The second kappa shape index (κ2) is 26.8. The van der Waals surface area contributed by atoms with Gasteiger partial charge >= 0.3 is 13.8 Å². The third-order valence-electron chi connectivity index (χ3n) is 4.00. The second-order valence-corrected chi connectivity index (χ2v) is 8.70. The van der Waals surface area contributed by atoms with Gasteiger partial charge in [-0.2, -0.15) is 0 Å². The molecule has 0 fully saturated rings. The zero-order valence-electron chi connectivity index (χ0n) is 20.8. The molecule has 11 heteroatoms. The third-order valence-corrected chi connectivity index (χ3v) is 5.17. The molecule has 198 valence electrons. The van der Waals surface area contributed by atoms with E-state index in [-0.39, 0.29) is 32.0 Å². The van der Waals surface area contributed by atoms with E-state index >= 15 is 0 Å². The molecule has 33 heavy (non-hydrogen) atoms. The number of aliphatic carboxylic acids is 2. The van der Waals surface area contributed by atoms with E-state index < -0.39 is 19.8 Å². The lowest BCUT2D eigenvalue weighted by Crippen LogP contribution is -2.24. The van der Waals surface area contributed by atoms with Crippen molar-refractivity contribution in [3.05, 3.63) is 0 Å². The van der Waals surface area contributed by atoms with E-state index in [1.807, 2.05) is 0 Å². The van der Waals surface area contributed by atoms with Crippen molar-refractivity contribution in [1.82, 2.24) is 5.32 Å². The van der Waals surface area contributed by atoms with Crippen LogP contribution in [-0.4, -0.2) is 52.7 Å². The molecule has 0 aromatic heterocycles. The van der Waals surface area contributed by atoms with Crippen molar-refractivity contribution in [3.8, 4) is 0 Å². The van der Waals surface area contributed by atoms with Crippen molar-refractivity contribution < 1.29 is 43.1 Å². The summed E-state index contributed by atoms with van der Waals surface area (Å²) in [4.78, 5) is 39.1. The number of amides is 1. The molecule has 0 saturated heterocycles. The molecular formula is C22H46NO9P. The van der Waals surface area contributed by atoms with E-state index in [0.717, 1.165) is 19.8 Å². The van der Waals surface area contributed by atoms with Crippen molar-refractivity contribution in [2.45, 2.75) is 105 Å². The Labute approximate surface area is 199 Å². The molecule has 0 heterocycles. The van der Waals surface area contributed by atoms with Crippen LogP contribution in [0.4, 0.5) is 0 Å². The number of hydrogen-bond acceptors (Lipinski definition) is 6. The zero-order chi connectivity index (χ0) is 26.0. The van der Waals surface area contributed by atoms with Gasteiger partial charge in [0.25, 0.3) is 5.97 Å². The summed E-state index contributed by atoms with van der Waals surface area (Å²) in [6.45, 7) is 7.63. The van der Waals surface area contributed by atoms with Gasteiger partial charge in [-0.3, -0.25) is 23.4 Å². The van der Waals surface area contributed by atoms with Gasteiger partial charge in [-0.15, -0.1) is 0 Å². The fraction of sp³-hybridized carbons (Fsp3) is 0.864. The first-order valence-corrected chi connectivity index (χ1v) is 13.3. The first-order valence-electron chi connectivity index (χ1n) is 11.8. The smallest absolute Gasteiger partial charge is 0.472 e. The minimum atomic E-state index is -3.69. The van der Waals surface area contributed by atoms with Crippen LogP contribution >= 0.6 is 7.82 Å². The van der Waals surface area contributed by atoms with Crippen LogP contribution in [0, 0.1) is 0 Å². The lowest BCUT2D eigenvalue weighted by Gasteiger charge is -2.07. The third kappa shape index (κ3) is 41.3. The summed E-state index contributed by atoms with van der Waals surface area (Å²) in [5.41, 5.74) is 0. The molecule has 10 nitrogen and oxygen atoms in total. The molecule has 1 amide bonds. The topological polar surface area (TPSA) is 159 Å². The number of phosphoric acid groups is 1. The zero-order valence-corrected chi connectivity index (χ0v) is 21.7. The van der Waals surface area contributed by atoms with E-state index in [1.54, 1.807) is 13.8 Å². The first kappa shape index (κ1) is 36.1. The fourth-order valence-corrected chi connectivity index (χ4v) is 3.24. The Morgan fingerprint density at radius 2 is 1.15 bits per heavy atom. The van der Waals surface area contributed by atoms with Crippen molar-refractivity contribution in [2.24, 2.45) is 0 Å². The van der Waals surface area contributed by atoms with E-state index in [4.69, 9.17) is 19.9 Å². The van der Waals surface area contributed by atoms with Crippen LogP contribution in [-0.2, 0) is 28.0 Å². The molecular weight excluding hydrogens is 453 g/mol. The van der Waals surface area contributed by atoms with Crippen LogP contribution in [0.25, 0.3) is 0 Å². The number of carbonyl (C=O) groups is 3.